The van der Waals surface area contributed by atoms with Crippen LogP contribution in [-0.4, -0.2) is 85.9 Å². The predicted octanol–water partition coefficient (Wildman–Crippen LogP) is 2.66. The monoisotopic (exact) mass is 484 g/mol. The molecule has 0 saturated heterocycles. The second-order valence-corrected chi connectivity index (χ2v) is 7.88. The molecule has 0 aromatic heterocycles. The van der Waals surface area contributed by atoms with E-state index >= 15 is 0 Å². The minimum atomic E-state index is -0.489. The quantitative estimate of drug-likeness (QED) is 0.361. The van der Waals surface area contributed by atoms with Crippen LogP contribution in [0.5, 0.6) is 11.5 Å². The van der Waals surface area contributed by atoms with Gasteiger partial charge in [-0.1, -0.05) is 0 Å². The molecule has 1 aliphatic rings. The molecule has 0 spiro atoms. The maximum Gasteiger partial charge on any atom is 0.200 e. The number of hydrogen-bond donors (Lipinski definition) is 4. The molecule has 2 aromatic carbocycles. The first kappa shape index (κ1) is 27.5. The Labute approximate surface area is 200 Å². The van der Waals surface area contributed by atoms with Gasteiger partial charge in [-0.25, -0.2) is 0 Å². The van der Waals surface area contributed by atoms with E-state index in [4.69, 9.17) is 0 Å². The third-order valence-electron chi connectivity index (χ3n) is 5.02. The maximum atomic E-state index is 13.4. The van der Waals surface area contributed by atoms with Crippen molar-refractivity contribution in [3.8, 4) is 11.5 Å². The lowest BCUT2D eigenvalue weighted by Crippen LogP contribution is -2.27. The van der Waals surface area contributed by atoms with E-state index in [0.29, 0.717) is 24.5 Å². The molecule has 0 fully saturated rings. The number of carbonyl (C=O) groups excluding carboxylic acids is 2. The highest BCUT2D eigenvalue weighted by atomic mass is 35.5. The summed E-state index contributed by atoms with van der Waals surface area (Å²) in [5.74, 6) is -1.62. The average molecular weight is 485 g/mol. The second kappa shape index (κ2) is 11.4. The highest BCUT2D eigenvalue weighted by molar-refractivity contribution is 6.33. The zero-order valence-electron chi connectivity index (χ0n) is 18.6. The van der Waals surface area contributed by atoms with Crippen LogP contribution < -0.4 is 10.6 Å². The molecular weight excluding hydrogens is 455 g/mol. The number of phenols is 2. The number of nitrogens with one attached hydrogen (secondary N) is 2. The lowest BCUT2D eigenvalue weighted by molar-refractivity contribution is 0.0975. The van der Waals surface area contributed by atoms with Gasteiger partial charge in [0.25, 0.3) is 0 Å². The van der Waals surface area contributed by atoms with Gasteiger partial charge in [0.05, 0.1) is 22.3 Å². The number of phenolic OH excluding ortho intramolecular Hbond substituents is 2. The number of likely N-dealkylation sites (N-methyl/N-ethyl adjacent to an activating group) is 2. The van der Waals surface area contributed by atoms with Crippen molar-refractivity contribution in [1.82, 2.24) is 9.80 Å². The van der Waals surface area contributed by atoms with Gasteiger partial charge in [0.15, 0.2) is 0 Å². The molecule has 0 aliphatic heterocycles. The third-order valence-corrected chi connectivity index (χ3v) is 5.02. The number of aromatic hydroxyl groups is 2. The number of rotatable bonds is 8. The summed E-state index contributed by atoms with van der Waals surface area (Å²) in [4.78, 5) is 30.7. The topological polar surface area (TPSA) is 105 Å². The number of nitrogens with zero attached hydrogens (tertiary/aromatic N) is 2. The van der Waals surface area contributed by atoms with Crippen molar-refractivity contribution in [3.63, 3.8) is 0 Å². The van der Waals surface area contributed by atoms with E-state index < -0.39 is 11.6 Å². The third kappa shape index (κ3) is 5.45. The van der Waals surface area contributed by atoms with Gasteiger partial charge in [-0.3, -0.25) is 9.59 Å². The van der Waals surface area contributed by atoms with E-state index in [-0.39, 0.29) is 58.6 Å². The van der Waals surface area contributed by atoms with Crippen LogP contribution in [0.15, 0.2) is 24.3 Å². The lowest BCUT2D eigenvalue weighted by atomic mass is 9.81. The van der Waals surface area contributed by atoms with Crippen molar-refractivity contribution in [2.45, 2.75) is 0 Å². The van der Waals surface area contributed by atoms with Crippen LogP contribution in [0.25, 0.3) is 0 Å². The van der Waals surface area contributed by atoms with Crippen molar-refractivity contribution >= 4 is 47.8 Å². The molecule has 0 atom stereocenters. The molecule has 8 nitrogen and oxygen atoms in total. The Balaban J connectivity index is 0.00000256. The zero-order chi connectivity index (χ0) is 22.0. The minimum Gasteiger partial charge on any atom is -0.507 e. The molecule has 0 unspecified atom stereocenters. The van der Waals surface area contributed by atoms with Crippen LogP contribution in [0.2, 0.25) is 0 Å². The Morgan fingerprint density at radius 1 is 0.656 bits per heavy atom. The van der Waals surface area contributed by atoms with Gasteiger partial charge in [-0.15, -0.1) is 24.8 Å². The Kier molecular flexibility index (Phi) is 9.78. The van der Waals surface area contributed by atoms with E-state index in [1.165, 1.54) is 12.1 Å². The smallest absolute Gasteiger partial charge is 0.200 e. The van der Waals surface area contributed by atoms with Crippen LogP contribution in [0.1, 0.15) is 31.8 Å². The Hall–Kier alpha value is -2.52. The van der Waals surface area contributed by atoms with Crippen LogP contribution >= 0.6 is 24.8 Å². The summed E-state index contributed by atoms with van der Waals surface area (Å²) in [6.07, 6.45) is 0. The molecule has 0 heterocycles. The van der Waals surface area contributed by atoms with Gasteiger partial charge in [0, 0.05) is 37.6 Å². The van der Waals surface area contributed by atoms with Crippen molar-refractivity contribution < 1.29 is 19.8 Å². The van der Waals surface area contributed by atoms with E-state index in [1.54, 1.807) is 12.1 Å². The van der Waals surface area contributed by atoms with Crippen LogP contribution in [-0.2, 0) is 0 Å². The Bertz CT molecular complexity index is 918. The van der Waals surface area contributed by atoms with Crippen molar-refractivity contribution in [2.75, 3.05) is 65.0 Å². The van der Waals surface area contributed by atoms with E-state index in [0.717, 1.165) is 13.1 Å². The summed E-state index contributed by atoms with van der Waals surface area (Å²) in [6, 6.07) is 5.98. The lowest BCUT2D eigenvalue weighted by Gasteiger charge is -2.25. The average Bonchev–Trinajstić information content (AvgIpc) is 2.67. The molecule has 2 aromatic rings. The minimum absolute atomic E-state index is 0. The van der Waals surface area contributed by atoms with Crippen LogP contribution in [0, 0.1) is 0 Å². The number of halogens is 2. The van der Waals surface area contributed by atoms with Crippen LogP contribution in [0.4, 0.5) is 11.4 Å². The summed E-state index contributed by atoms with van der Waals surface area (Å²) in [7, 11) is 7.78. The summed E-state index contributed by atoms with van der Waals surface area (Å²) in [6.45, 7) is 2.63. The SMILES string of the molecule is CN(C)CCNc1ccc(NCCN(C)C)c2c1C(=O)c1c(O)ccc(O)c1C2=O.Cl.Cl. The second-order valence-electron chi connectivity index (χ2n) is 7.88. The zero-order valence-corrected chi connectivity index (χ0v) is 20.2. The molecule has 3 rings (SSSR count). The molecule has 4 N–H and O–H groups in total. The number of hydrogen-bond acceptors (Lipinski definition) is 8. The van der Waals surface area contributed by atoms with Gasteiger partial charge in [-0.2, -0.15) is 0 Å². The van der Waals surface area contributed by atoms with E-state index in [2.05, 4.69) is 10.6 Å². The van der Waals surface area contributed by atoms with E-state index in [9.17, 15) is 19.8 Å². The summed E-state index contributed by atoms with van der Waals surface area (Å²) in [5, 5.41) is 27.0. The summed E-state index contributed by atoms with van der Waals surface area (Å²) >= 11 is 0. The van der Waals surface area contributed by atoms with Crippen molar-refractivity contribution in [2.24, 2.45) is 0 Å². The van der Waals surface area contributed by atoms with Gasteiger partial charge >= 0.3 is 0 Å². The van der Waals surface area contributed by atoms with E-state index in [1.807, 2.05) is 38.0 Å². The standard InChI is InChI=1S/C22H28N4O4.2ClH/c1-25(2)11-9-23-13-5-6-14(24-10-12-26(3)4)18-17(13)21(29)19-15(27)7-8-16(28)20(19)22(18)30;;/h5-8,23-24,27-28H,9-12H2,1-4H3;2*1H. The number of fused-ring (bicyclic) bond motifs is 2. The van der Waals surface area contributed by atoms with Crippen LogP contribution in [0.3, 0.4) is 0 Å². The van der Waals surface area contributed by atoms with Gasteiger partial charge in [-0.05, 0) is 52.5 Å². The van der Waals surface area contributed by atoms with Gasteiger partial charge < -0.3 is 30.6 Å². The molecule has 0 bridgehead atoms. The number of ketones is 2. The Morgan fingerprint density at radius 2 is 1.00 bits per heavy atom. The molecular formula is C22H30Cl2N4O4. The maximum absolute atomic E-state index is 13.4. The molecule has 1 aliphatic carbocycles. The number of benzene rings is 2. The molecule has 0 amide bonds. The first-order valence-electron chi connectivity index (χ1n) is 9.81. The molecule has 32 heavy (non-hydrogen) atoms. The summed E-state index contributed by atoms with van der Waals surface area (Å²) in [5.41, 5.74) is 1.15. The van der Waals surface area contributed by atoms with Gasteiger partial charge in [0.2, 0.25) is 11.6 Å². The number of carbonyl (C=O) groups is 2. The Morgan fingerprint density at radius 3 is 1.31 bits per heavy atom. The molecule has 0 saturated carbocycles. The largest absolute Gasteiger partial charge is 0.507 e. The fourth-order valence-corrected chi connectivity index (χ4v) is 3.49. The fraction of sp³-hybridized carbons (Fsp3) is 0.364. The van der Waals surface area contributed by atoms with Crippen molar-refractivity contribution in [1.29, 1.82) is 0 Å². The molecule has 10 heteroatoms. The fourth-order valence-electron chi connectivity index (χ4n) is 3.49. The molecule has 176 valence electrons. The highest BCUT2D eigenvalue weighted by Crippen LogP contribution is 2.42. The predicted molar refractivity (Wildman–Crippen MR) is 132 cm³/mol. The molecule has 0 radical (unpaired) electrons. The van der Waals surface area contributed by atoms with Crippen molar-refractivity contribution in [3.05, 3.63) is 46.5 Å². The first-order chi connectivity index (χ1) is 14.2. The highest BCUT2D eigenvalue weighted by Gasteiger charge is 2.37. The first-order valence-corrected chi connectivity index (χ1v) is 9.81. The summed E-state index contributed by atoms with van der Waals surface area (Å²) < 4.78 is 0. The normalized spacial score (nSPS) is 12.1. The van der Waals surface area contributed by atoms with Gasteiger partial charge in [0.1, 0.15) is 11.5 Å². The number of anilines is 2.